The molecule has 0 unspecified atom stereocenters. The molecule has 3 aromatic rings. The minimum atomic E-state index is -4.55. The number of amides is 2. The minimum Gasteiger partial charge on any atom is -0.308 e. The molecular weight excluding hydrogens is 499 g/mol. The Bertz CT molecular complexity index is 1290. The predicted octanol–water partition coefficient (Wildman–Crippen LogP) is 6.55. The standard InChI is InChI=1S/C24H24F3N3O3S2/c25-24(26,27)18-6-3-7-19(12-18)29-23(31)30-22-13-20(8-9-21(22)17-10-11-34-15-17)35(32,33)28-14-16-4-1-2-5-16/h3,6-13,15-16,28H,1-2,4-5,14H2,(H2,29,30,31). The van der Waals surface area contributed by atoms with E-state index < -0.39 is 27.8 Å². The number of carbonyl (C=O) groups is 1. The van der Waals surface area contributed by atoms with Crippen molar-refractivity contribution in [3.05, 3.63) is 64.9 Å². The third kappa shape index (κ3) is 6.41. The Morgan fingerprint density at radius 2 is 1.80 bits per heavy atom. The highest BCUT2D eigenvalue weighted by atomic mass is 32.2. The lowest BCUT2D eigenvalue weighted by atomic mass is 10.1. The van der Waals surface area contributed by atoms with Crippen molar-refractivity contribution in [1.29, 1.82) is 0 Å². The fourth-order valence-electron chi connectivity index (χ4n) is 4.05. The quantitative estimate of drug-likeness (QED) is 0.328. The third-order valence-electron chi connectivity index (χ3n) is 5.87. The summed E-state index contributed by atoms with van der Waals surface area (Å²) in [5.41, 5.74) is 0.635. The molecule has 1 heterocycles. The molecule has 11 heteroatoms. The Kier molecular flexibility index (Phi) is 7.48. The van der Waals surface area contributed by atoms with Gasteiger partial charge in [0.05, 0.1) is 16.1 Å². The second kappa shape index (κ2) is 10.4. The van der Waals surface area contributed by atoms with Crippen LogP contribution in [0.5, 0.6) is 0 Å². The van der Waals surface area contributed by atoms with E-state index in [-0.39, 0.29) is 16.3 Å². The molecule has 1 fully saturated rings. The fourth-order valence-corrected chi connectivity index (χ4v) is 5.84. The van der Waals surface area contributed by atoms with E-state index in [0.717, 1.165) is 43.4 Å². The molecule has 1 aromatic heterocycles. The van der Waals surface area contributed by atoms with Crippen LogP contribution in [0.2, 0.25) is 0 Å². The van der Waals surface area contributed by atoms with Gasteiger partial charge in [-0.15, -0.1) is 0 Å². The Morgan fingerprint density at radius 3 is 2.49 bits per heavy atom. The summed E-state index contributed by atoms with van der Waals surface area (Å²) in [5, 5.41) is 8.67. The summed E-state index contributed by atoms with van der Waals surface area (Å²) in [5.74, 6) is 0.311. The Hall–Kier alpha value is -2.89. The van der Waals surface area contributed by atoms with E-state index in [2.05, 4.69) is 15.4 Å². The topological polar surface area (TPSA) is 87.3 Å². The highest BCUT2D eigenvalue weighted by Gasteiger charge is 2.30. The van der Waals surface area contributed by atoms with E-state index in [9.17, 15) is 26.4 Å². The number of benzene rings is 2. The van der Waals surface area contributed by atoms with Gasteiger partial charge in [0, 0.05) is 17.8 Å². The summed E-state index contributed by atoms with van der Waals surface area (Å²) in [6, 6.07) is 9.72. The first-order chi connectivity index (χ1) is 16.6. The highest BCUT2D eigenvalue weighted by molar-refractivity contribution is 7.89. The molecule has 1 aliphatic carbocycles. The van der Waals surface area contributed by atoms with Crippen LogP contribution in [0.3, 0.4) is 0 Å². The minimum absolute atomic E-state index is 0.0103. The Balaban J connectivity index is 1.56. The normalized spacial score (nSPS) is 14.7. The molecule has 0 radical (unpaired) electrons. The van der Waals surface area contributed by atoms with Gasteiger partial charge < -0.3 is 10.6 Å². The number of thiophene rings is 1. The molecule has 2 aromatic carbocycles. The average molecular weight is 524 g/mol. The summed E-state index contributed by atoms with van der Waals surface area (Å²) >= 11 is 1.44. The lowest BCUT2D eigenvalue weighted by Crippen LogP contribution is -2.28. The molecule has 3 N–H and O–H groups in total. The fraction of sp³-hybridized carbons (Fsp3) is 0.292. The van der Waals surface area contributed by atoms with Crippen LogP contribution in [-0.2, 0) is 16.2 Å². The molecule has 4 rings (SSSR count). The van der Waals surface area contributed by atoms with Gasteiger partial charge >= 0.3 is 12.2 Å². The van der Waals surface area contributed by atoms with Gasteiger partial charge in [-0.1, -0.05) is 25.0 Å². The van der Waals surface area contributed by atoms with E-state index >= 15 is 0 Å². The molecule has 0 atom stereocenters. The Morgan fingerprint density at radius 1 is 1.03 bits per heavy atom. The first-order valence-electron chi connectivity index (χ1n) is 11.0. The lowest BCUT2D eigenvalue weighted by Gasteiger charge is -2.15. The Labute approximate surface area is 205 Å². The van der Waals surface area contributed by atoms with Crippen LogP contribution in [0.4, 0.5) is 29.3 Å². The molecule has 0 saturated heterocycles. The smallest absolute Gasteiger partial charge is 0.308 e. The molecule has 6 nitrogen and oxygen atoms in total. The largest absolute Gasteiger partial charge is 0.416 e. The molecule has 0 spiro atoms. The van der Waals surface area contributed by atoms with Crippen LogP contribution in [0.1, 0.15) is 31.2 Å². The maximum Gasteiger partial charge on any atom is 0.416 e. The zero-order valence-corrected chi connectivity index (χ0v) is 20.2. The molecule has 2 amide bonds. The number of nitrogens with one attached hydrogen (secondary N) is 3. The van der Waals surface area contributed by atoms with Gasteiger partial charge in [0.25, 0.3) is 0 Å². The average Bonchev–Trinajstić information content (AvgIpc) is 3.52. The van der Waals surface area contributed by atoms with Crippen molar-refractivity contribution in [1.82, 2.24) is 4.72 Å². The van der Waals surface area contributed by atoms with Crippen molar-refractivity contribution in [2.45, 2.75) is 36.8 Å². The third-order valence-corrected chi connectivity index (χ3v) is 7.97. The first-order valence-corrected chi connectivity index (χ1v) is 13.5. The van der Waals surface area contributed by atoms with E-state index in [1.54, 1.807) is 6.07 Å². The molecule has 35 heavy (non-hydrogen) atoms. The summed E-state index contributed by atoms with van der Waals surface area (Å²) < 4.78 is 67.4. The summed E-state index contributed by atoms with van der Waals surface area (Å²) in [6.45, 7) is 0.355. The van der Waals surface area contributed by atoms with Crippen LogP contribution >= 0.6 is 11.3 Å². The number of halogens is 3. The summed E-state index contributed by atoms with van der Waals surface area (Å²) in [4.78, 5) is 12.6. The van der Waals surface area contributed by atoms with Gasteiger partial charge in [-0.2, -0.15) is 24.5 Å². The number of carbonyl (C=O) groups excluding carboxylic acids is 1. The van der Waals surface area contributed by atoms with Gasteiger partial charge in [0.1, 0.15) is 0 Å². The van der Waals surface area contributed by atoms with Gasteiger partial charge in [0.15, 0.2) is 0 Å². The van der Waals surface area contributed by atoms with Crippen molar-refractivity contribution < 1.29 is 26.4 Å². The zero-order chi connectivity index (χ0) is 25.1. The maximum absolute atomic E-state index is 13.0. The molecule has 186 valence electrons. The summed E-state index contributed by atoms with van der Waals surface area (Å²) in [7, 11) is -3.82. The number of anilines is 2. The van der Waals surface area contributed by atoms with Crippen LogP contribution in [0.15, 0.2) is 64.2 Å². The van der Waals surface area contributed by atoms with Crippen molar-refractivity contribution in [2.75, 3.05) is 17.2 Å². The van der Waals surface area contributed by atoms with Gasteiger partial charge in [0.2, 0.25) is 10.0 Å². The number of rotatable bonds is 7. The molecular formula is C24H24F3N3O3S2. The number of hydrogen-bond acceptors (Lipinski definition) is 4. The molecule has 1 saturated carbocycles. The second-order valence-corrected chi connectivity index (χ2v) is 10.9. The van der Waals surface area contributed by atoms with E-state index in [1.807, 2.05) is 16.8 Å². The van der Waals surface area contributed by atoms with Crippen molar-refractivity contribution >= 4 is 38.8 Å². The van der Waals surface area contributed by atoms with E-state index in [0.29, 0.717) is 18.0 Å². The number of urea groups is 1. The van der Waals surface area contributed by atoms with Gasteiger partial charge in [-0.25, -0.2) is 17.9 Å². The van der Waals surface area contributed by atoms with Gasteiger partial charge in [-0.05, 0) is 71.5 Å². The van der Waals surface area contributed by atoms with Crippen molar-refractivity contribution in [2.24, 2.45) is 5.92 Å². The number of sulfonamides is 1. The SMILES string of the molecule is O=C(Nc1cccc(C(F)(F)F)c1)Nc1cc(S(=O)(=O)NCC2CCCC2)ccc1-c1ccsc1. The lowest BCUT2D eigenvalue weighted by molar-refractivity contribution is -0.137. The maximum atomic E-state index is 13.0. The van der Waals surface area contributed by atoms with Crippen molar-refractivity contribution in [3.8, 4) is 11.1 Å². The number of hydrogen-bond donors (Lipinski definition) is 3. The van der Waals surface area contributed by atoms with Crippen molar-refractivity contribution in [3.63, 3.8) is 0 Å². The monoisotopic (exact) mass is 523 g/mol. The molecule has 0 aliphatic heterocycles. The molecule has 1 aliphatic rings. The molecule has 0 bridgehead atoms. The van der Waals surface area contributed by atoms with E-state index in [1.165, 1.54) is 35.6 Å². The second-order valence-electron chi connectivity index (χ2n) is 8.38. The van der Waals surface area contributed by atoms with Crippen LogP contribution in [-0.4, -0.2) is 21.0 Å². The van der Waals surface area contributed by atoms with Gasteiger partial charge in [-0.3, -0.25) is 0 Å². The number of alkyl halides is 3. The van der Waals surface area contributed by atoms with Crippen LogP contribution < -0.4 is 15.4 Å². The van der Waals surface area contributed by atoms with Crippen LogP contribution in [0.25, 0.3) is 11.1 Å². The van der Waals surface area contributed by atoms with E-state index in [4.69, 9.17) is 0 Å². The highest BCUT2D eigenvalue weighted by Crippen LogP contribution is 2.33. The predicted molar refractivity (Wildman–Crippen MR) is 131 cm³/mol. The summed E-state index contributed by atoms with van der Waals surface area (Å²) in [6.07, 6.45) is -0.383. The van der Waals surface area contributed by atoms with Crippen LogP contribution in [0, 0.1) is 5.92 Å². The zero-order valence-electron chi connectivity index (χ0n) is 18.6. The first kappa shape index (κ1) is 25.2.